The van der Waals surface area contributed by atoms with E-state index < -0.39 is 17.2 Å². The SMILES string of the molecule is Cc1cnc(-c2cccc(C(C)CO)n2)cc1-n1c(C)cc(OCc2ncc(F)cc2F)c(Cl)c1=O. The van der Waals surface area contributed by atoms with E-state index >= 15 is 0 Å². The fourth-order valence-electron chi connectivity index (χ4n) is 3.64. The van der Waals surface area contributed by atoms with E-state index in [0.29, 0.717) is 28.8 Å². The van der Waals surface area contributed by atoms with E-state index in [9.17, 15) is 18.7 Å². The molecule has 0 amide bonds. The van der Waals surface area contributed by atoms with Crippen LogP contribution in [0, 0.1) is 25.5 Å². The van der Waals surface area contributed by atoms with Crippen LogP contribution in [0.1, 0.15) is 35.5 Å². The van der Waals surface area contributed by atoms with Crippen LogP contribution in [0.2, 0.25) is 5.02 Å². The van der Waals surface area contributed by atoms with Crippen molar-refractivity contribution in [3.8, 4) is 22.8 Å². The number of nitrogens with zero attached hydrogens (tertiary/aromatic N) is 4. The van der Waals surface area contributed by atoms with Gasteiger partial charge in [-0.3, -0.25) is 24.3 Å². The molecule has 0 saturated carbocycles. The highest BCUT2D eigenvalue weighted by Crippen LogP contribution is 2.27. The number of pyridine rings is 4. The van der Waals surface area contributed by atoms with Crippen molar-refractivity contribution < 1.29 is 18.6 Å². The molecule has 4 heterocycles. The van der Waals surface area contributed by atoms with Gasteiger partial charge in [0.1, 0.15) is 28.9 Å². The molecule has 0 aliphatic carbocycles. The van der Waals surface area contributed by atoms with Gasteiger partial charge in [0, 0.05) is 35.6 Å². The Hall–Kier alpha value is -3.69. The summed E-state index contributed by atoms with van der Waals surface area (Å²) in [5.41, 5.74) is 3.02. The molecule has 0 saturated heterocycles. The van der Waals surface area contributed by atoms with E-state index in [-0.39, 0.29) is 35.6 Å². The molecule has 7 nitrogen and oxygen atoms in total. The molecule has 1 N–H and O–H groups in total. The van der Waals surface area contributed by atoms with Crippen LogP contribution in [0.5, 0.6) is 5.75 Å². The minimum Gasteiger partial charge on any atom is -0.485 e. The standard InChI is InChI=1S/C26H23ClF2N4O3/c1-14-10-30-21(20-6-4-5-19(32-20)15(2)12-34)9-23(14)33-16(3)7-24(25(27)26(33)35)36-13-22-18(29)8-17(28)11-31-22/h4-11,15,34H,12-13H2,1-3H3. The van der Waals surface area contributed by atoms with Crippen molar-refractivity contribution >= 4 is 11.6 Å². The van der Waals surface area contributed by atoms with Crippen molar-refractivity contribution in [2.45, 2.75) is 33.3 Å². The Bertz CT molecular complexity index is 1490. The Morgan fingerprint density at radius 2 is 1.89 bits per heavy atom. The minimum absolute atomic E-state index is 0.0333. The highest BCUT2D eigenvalue weighted by molar-refractivity contribution is 6.31. The Morgan fingerprint density at radius 1 is 1.11 bits per heavy atom. The van der Waals surface area contributed by atoms with E-state index in [1.807, 2.05) is 26.0 Å². The van der Waals surface area contributed by atoms with E-state index in [1.54, 1.807) is 31.3 Å². The molecule has 0 aliphatic heterocycles. The number of hydrogen-bond acceptors (Lipinski definition) is 6. The van der Waals surface area contributed by atoms with Gasteiger partial charge in [-0.1, -0.05) is 24.6 Å². The predicted molar refractivity (Wildman–Crippen MR) is 132 cm³/mol. The van der Waals surface area contributed by atoms with Crippen LogP contribution >= 0.6 is 11.6 Å². The zero-order chi connectivity index (χ0) is 26.0. The third-order valence-electron chi connectivity index (χ3n) is 5.68. The van der Waals surface area contributed by atoms with E-state index in [4.69, 9.17) is 16.3 Å². The van der Waals surface area contributed by atoms with Crippen molar-refractivity contribution in [3.63, 3.8) is 0 Å². The molecular weight excluding hydrogens is 490 g/mol. The Kier molecular flexibility index (Phi) is 7.42. The molecule has 10 heteroatoms. The third-order valence-corrected chi connectivity index (χ3v) is 6.02. The zero-order valence-electron chi connectivity index (χ0n) is 19.8. The predicted octanol–water partition coefficient (Wildman–Crippen LogP) is 4.91. The van der Waals surface area contributed by atoms with Crippen LogP contribution in [-0.4, -0.2) is 31.2 Å². The number of aliphatic hydroxyl groups is 1. The van der Waals surface area contributed by atoms with Crippen LogP contribution in [-0.2, 0) is 6.61 Å². The largest absolute Gasteiger partial charge is 0.485 e. The lowest BCUT2D eigenvalue weighted by molar-refractivity contribution is 0.271. The van der Waals surface area contributed by atoms with Crippen LogP contribution < -0.4 is 10.3 Å². The van der Waals surface area contributed by atoms with Crippen LogP contribution in [0.25, 0.3) is 17.1 Å². The molecule has 0 aliphatic rings. The fraction of sp³-hybridized carbons (Fsp3) is 0.231. The maximum absolute atomic E-state index is 13.9. The van der Waals surface area contributed by atoms with Crippen LogP contribution in [0.4, 0.5) is 8.78 Å². The van der Waals surface area contributed by atoms with Gasteiger partial charge in [-0.25, -0.2) is 8.78 Å². The molecule has 186 valence electrons. The molecule has 1 atom stereocenters. The lowest BCUT2D eigenvalue weighted by Gasteiger charge is -2.17. The number of aliphatic hydroxyl groups excluding tert-OH is 1. The van der Waals surface area contributed by atoms with Gasteiger partial charge in [0.25, 0.3) is 5.56 Å². The third kappa shape index (κ3) is 5.12. The summed E-state index contributed by atoms with van der Waals surface area (Å²) in [4.78, 5) is 26.0. The highest BCUT2D eigenvalue weighted by Gasteiger charge is 2.18. The van der Waals surface area contributed by atoms with Crippen molar-refractivity contribution in [3.05, 3.63) is 98.4 Å². The summed E-state index contributed by atoms with van der Waals surface area (Å²) < 4.78 is 34.0. The van der Waals surface area contributed by atoms with Crippen molar-refractivity contribution in [2.75, 3.05) is 6.61 Å². The van der Waals surface area contributed by atoms with Crippen LogP contribution in [0.3, 0.4) is 0 Å². The molecule has 0 radical (unpaired) electrons. The first kappa shape index (κ1) is 25.4. The monoisotopic (exact) mass is 512 g/mol. The summed E-state index contributed by atoms with van der Waals surface area (Å²) >= 11 is 6.35. The lowest BCUT2D eigenvalue weighted by Crippen LogP contribution is -2.23. The average molecular weight is 513 g/mol. The van der Waals surface area contributed by atoms with Gasteiger partial charge in [0.05, 0.1) is 29.9 Å². The minimum atomic E-state index is -0.859. The normalized spacial score (nSPS) is 12.0. The summed E-state index contributed by atoms with van der Waals surface area (Å²) in [7, 11) is 0. The first-order chi connectivity index (χ1) is 17.2. The number of ether oxygens (including phenoxy) is 1. The summed E-state index contributed by atoms with van der Waals surface area (Å²) in [5, 5.41) is 9.27. The smallest absolute Gasteiger partial charge is 0.277 e. The van der Waals surface area contributed by atoms with Gasteiger partial charge in [-0.2, -0.15) is 0 Å². The topological polar surface area (TPSA) is 90.1 Å². The molecular formula is C26H23ClF2N4O3. The first-order valence-corrected chi connectivity index (χ1v) is 11.5. The Morgan fingerprint density at radius 3 is 2.61 bits per heavy atom. The summed E-state index contributed by atoms with van der Waals surface area (Å²) in [6, 6.07) is 9.48. The molecule has 0 spiro atoms. The second kappa shape index (κ2) is 10.5. The van der Waals surface area contributed by atoms with Crippen LogP contribution in [0.15, 0.2) is 53.6 Å². The quantitative estimate of drug-likeness (QED) is 0.378. The Balaban J connectivity index is 1.71. The molecule has 0 aromatic carbocycles. The van der Waals surface area contributed by atoms with Gasteiger partial charge in [-0.15, -0.1) is 0 Å². The number of rotatable bonds is 7. The molecule has 0 bridgehead atoms. The number of aromatic nitrogens is 4. The molecule has 4 aromatic heterocycles. The van der Waals surface area contributed by atoms with E-state index in [0.717, 1.165) is 17.5 Å². The zero-order valence-corrected chi connectivity index (χ0v) is 20.6. The maximum atomic E-state index is 13.9. The van der Waals surface area contributed by atoms with Crippen molar-refractivity contribution in [1.82, 2.24) is 19.5 Å². The van der Waals surface area contributed by atoms with Gasteiger partial charge in [0.2, 0.25) is 0 Å². The average Bonchev–Trinajstić information content (AvgIpc) is 2.87. The number of halogens is 3. The Labute approximate surface area is 211 Å². The molecule has 4 rings (SSSR count). The molecule has 36 heavy (non-hydrogen) atoms. The highest BCUT2D eigenvalue weighted by atomic mass is 35.5. The van der Waals surface area contributed by atoms with Crippen molar-refractivity contribution in [2.24, 2.45) is 0 Å². The van der Waals surface area contributed by atoms with Gasteiger partial charge < -0.3 is 9.84 Å². The van der Waals surface area contributed by atoms with E-state index in [2.05, 4.69) is 15.0 Å². The van der Waals surface area contributed by atoms with Crippen molar-refractivity contribution in [1.29, 1.82) is 0 Å². The molecule has 1 unspecified atom stereocenters. The summed E-state index contributed by atoms with van der Waals surface area (Å²) in [6.07, 6.45) is 2.52. The number of hydrogen-bond donors (Lipinski definition) is 1. The van der Waals surface area contributed by atoms with E-state index in [1.165, 1.54) is 4.57 Å². The first-order valence-electron chi connectivity index (χ1n) is 11.1. The van der Waals surface area contributed by atoms with Gasteiger partial charge in [0.15, 0.2) is 5.82 Å². The van der Waals surface area contributed by atoms with Gasteiger partial charge >= 0.3 is 0 Å². The second-order valence-corrected chi connectivity index (χ2v) is 8.74. The lowest BCUT2D eigenvalue weighted by atomic mass is 10.1. The maximum Gasteiger partial charge on any atom is 0.277 e. The molecule has 0 fully saturated rings. The summed E-state index contributed by atoms with van der Waals surface area (Å²) in [5.74, 6) is -1.74. The van der Waals surface area contributed by atoms with Gasteiger partial charge in [-0.05, 0) is 37.6 Å². The summed E-state index contributed by atoms with van der Waals surface area (Å²) in [6.45, 7) is 5.03. The molecule has 4 aromatic rings. The fourth-order valence-corrected chi connectivity index (χ4v) is 3.83. The number of aryl methyl sites for hydroxylation is 2. The second-order valence-electron chi connectivity index (χ2n) is 8.36.